The van der Waals surface area contributed by atoms with Gasteiger partial charge in [-0.2, -0.15) is 9.46 Å². The van der Waals surface area contributed by atoms with Crippen molar-refractivity contribution in [3.8, 4) is 5.88 Å². The summed E-state index contributed by atoms with van der Waals surface area (Å²) in [5.41, 5.74) is 3.30. The fraction of sp³-hybridized carbons (Fsp3) is 0.356. The molecule has 3 atom stereocenters. The summed E-state index contributed by atoms with van der Waals surface area (Å²) in [5, 5.41) is 7.51. The van der Waals surface area contributed by atoms with Crippen LogP contribution in [-0.2, 0) is 46.0 Å². The Morgan fingerprint density at radius 3 is 2.12 bits per heavy atom. The number of alkyl halides is 2. The van der Waals surface area contributed by atoms with Crippen LogP contribution >= 0.6 is 0 Å². The summed E-state index contributed by atoms with van der Waals surface area (Å²) in [6, 6.07) is 28.9. The van der Waals surface area contributed by atoms with Gasteiger partial charge in [0.15, 0.2) is 9.92 Å². The molecule has 0 radical (unpaired) electrons. The zero-order valence-electron chi connectivity index (χ0n) is 33.5. The summed E-state index contributed by atoms with van der Waals surface area (Å²) in [5.74, 6) is -0.930. The van der Waals surface area contributed by atoms with Crippen LogP contribution in [0.25, 0.3) is 0 Å². The number of carbonyl (C=O) groups excluding carboxylic acids is 2. The highest BCUT2D eigenvalue weighted by Crippen LogP contribution is 2.47. The van der Waals surface area contributed by atoms with Gasteiger partial charge in [-0.05, 0) is 91.8 Å². The second-order valence-corrected chi connectivity index (χ2v) is 18.2. The lowest BCUT2D eigenvalue weighted by Crippen LogP contribution is -2.48. The van der Waals surface area contributed by atoms with Gasteiger partial charge < -0.3 is 19.7 Å². The summed E-state index contributed by atoms with van der Waals surface area (Å²) in [7, 11) is -2.51. The van der Waals surface area contributed by atoms with Crippen molar-refractivity contribution >= 4 is 27.7 Å². The molecule has 14 heteroatoms. The first-order valence-corrected chi connectivity index (χ1v) is 21.4. The highest BCUT2D eigenvalue weighted by atomic mass is 32.2. The smallest absolute Gasteiger partial charge is 0.410 e. The Kier molecular flexibility index (Phi) is 10.7. The summed E-state index contributed by atoms with van der Waals surface area (Å²) < 4.78 is 66.8. The lowest BCUT2D eigenvalue weighted by atomic mass is 9.78. The molecule has 0 spiro atoms. The van der Waals surface area contributed by atoms with Crippen LogP contribution < -0.4 is 14.8 Å². The van der Waals surface area contributed by atoms with Gasteiger partial charge in [-0.15, -0.1) is 0 Å². The van der Waals surface area contributed by atoms with Crippen molar-refractivity contribution in [1.82, 2.24) is 19.4 Å². The summed E-state index contributed by atoms with van der Waals surface area (Å²) >= 11 is 0. The Labute approximate surface area is 343 Å². The second kappa shape index (κ2) is 15.8. The number of fused-ring (bicyclic) bond motifs is 3. The molecule has 59 heavy (non-hydrogen) atoms. The molecule has 0 bridgehead atoms. The van der Waals surface area contributed by atoms with Crippen molar-refractivity contribution in [2.24, 2.45) is 4.36 Å². The molecule has 0 saturated carbocycles. The number of aryl methyl sites for hydroxylation is 2. The highest BCUT2D eigenvalue weighted by molar-refractivity contribution is 7.92. The van der Waals surface area contributed by atoms with Crippen LogP contribution in [0.2, 0.25) is 0 Å². The molecule has 0 unspecified atom stereocenters. The molecular weight excluding hydrogens is 775 g/mol. The van der Waals surface area contributed by atoms with Crippen molar-refractivity contribution in [3.05, 3.63) is 142 Å². The molecule has 5 aromatic rings. The molecular formula is C45H48F2N6O5S. The van der Waals surface area contributed by atoms with Crippen LogP contribution in [0, 0.1) is 0 Å². The van der Waals surface area contributed by atoms with Crippen molar-refractivity contribution < 1.29 is 32.1 Å². The Hall–Kier alpha value is -5.76. The Morgan fingerprint density at radius 1 is 0.932 bits per heavy atom. The number of aromatic nitrogens is 2. The second-order valence-electron chi connectivity index (χ2n) is 16.3. The molecule has 3 amide bonds. The van der Waals surface area contributed by atoms with Crippen molar-refractivity contribution in [1.29, 1.82) is 0 Å². The van der Waals surface area contributed by atoms with E-state index in [2.05, 4.69) is 15.1 Å². The molecule has 11 nitrogen and oxygen atoms in total. The predicted molar refractivity (Wildman–Crippen MR) is 221 cm³/mol. The number of urea groups is 1. The van der Waals surface area contributed by atoms with Gasteiger partial charge in [0.25, 0.3) is 0 Å². The first kappa shape index (κ1) is 40.0. The van der Waals surface area contributed by atoms with Gasteiger partial charge in [-0.3, -0.25) is 0 Å². The maximum absolute atomic E-state index is 16.3. The monoisotopic (exact) mass is 822 g/mol. The van der Waals surface area contributed by atoms with Crippen LogP contribution in [0.1, 0.15) is 78.5 Å². The molecule has 3 aliphatic rings. The summed E-state index contributed by atoms with van der Waals surface area (Å²) in [6.45, 7) is 5.54. The molecule has 1 aliphatic heterocycles. The first-order chi connectivity index (χ1) is 28.3. The van der Waals surface area contributed by atoms with E-state index < -0.39 is 51.6 Å². The van der Waals surface area contributed by atoms with Gasteiger partial charge in [0.1, 0.15) is 22.6 Å². The summed E-state index contributed by atoms with van der Waals surface area (Å²) in [6.07, 6.45) is 1.21. The zero-order chi connectivity index (χ0) is 41.5. The number of benzene rings is 4. The lowest BCUT2D eigenvalue weighted by molar-refractivity contribution is 0.0101. The fourth-order valence-electron chi connectivity index (χ4n) is 8.55. The third kappa shape index (κ3) is 7.66. The predicted octanol–water partition coefficient (Wildman–Crippen LogP) is 8.85. The van der Waals surface area contributed by atoms with Crippen molar-refractivity contribution in [2.45, 2.75) is 93.8 Å². The van der Waals surface area contributed by atoms with E-state index in [0.29, 0.717) is 40.8 Å². The third-order valence-corrected chi connectivity index (χ3v) is 13.2. The third-order valence-electron chi connectivity index (χ3n) is 11.3. The van der Waals surface area contributed by atoms with E-state index in [1.807, 2.05) is 97.1 Å². The van der Waals surface area contributed by atoms with Crippen LogP contribution in [0.5, 0.6) is 5.88 Å². The molecule has 2 aliphatic carbocycles. The Morgan fingerprint density at radius 2 is 1.54 bits per heavy atom. The van der Waals surface area contributed by atoms with Gasteiger partial charge in [-0.1, -0.05) is 97.1 Å². The molecule has 0 saturated heterocycles. The number of halogens is 2. The van der Waals surface area contributed by atoms with E-state index in [1.54, 1.807) is 27.8 Å². The van der Waals surface area contributed by atoms with E-state index in [1.165, 1.54) is 15.8 Å². The fourth-order valence-corrected chi connectivity index (χ4v) is 10.4. The Bertz CT molecular complexity index is 2390. The van der Waals surface area contributed by atoms with Gasteiger partial charge in [0, 0.05) is 18.7 Å². The topological polar surface area (TPSA) is 127 Å². The van der Waals surface area contributed by atoms with Crippen molar-refractivity contribution in [2.75, 3.05) is 19.0 Å². The van der Waals surface area contributed by atoms with Crippen molar-refractivity contribution in [3.63, 3.8) is 0 Å². The first-order valence-electron chi connectivity index (χ1n) is 19.9. The Balaban J connectivity index is 1.29. The van der Waals surface area contributed by atoms with E-state index in [9.17, 15) is 18.4 Å². The number of rotatable bonds is 9. The molecule has 308 valence electrons. The number of likely N-dealkylation sites (N-methyl/N-ethyl adjacent to an activating group) is 1. The SMILES string of the molecule is CN(C(=O)OC(C)(C)C)[C@@H]1COc2c([S@@](=O)(=NC(c3ccccc3)(c3ccccc3)c3ccccc3)NC(=O)Nc3c4c(cc5c3[C@H](C(F)F)CC5)CCC4)cnn2C1. The standard InChI is InChI=1S/C45H48F2N6O5S/c1-44(2,3)58-43(55)52(4)34-27-53-41(57-28-34)37(26-48-53)59(56,50-42(54)49-39-35-22-14-15-29(35)25-30-23-24-36(38(30)39)40(46)47)51-45(31-16-8-5-9-17-31,32-18-10-6-11-19-32)33-20-12-7-13-21-33/h5-13,16-21,25-26,34,36,40H,14-15,22-24,27-28H2,1-4H3,(H2,49,50,51,54,56)/t34-,36+,59-/m0/s1. The van der Waals surface area contributed by atoms with Gasteiger partial charge in [0.2, 0.25) is 12.3 Å². The van der Waals surface area contributed by atoms with Gasteiger partial charge >= 0.3 is 12.1 Å². The minimum atomic E-state index is -4.12. The average molecular weight is 823 g/mol. The maximum atomic E-state index is 16.3. The molecule has 1 aromatic heterocycles. The molecule has 4 aromatic carbocycles. The van der Waals surface area contributed by atoms with Crippen LogP contribution in [0.3, 0.4) is 0 Å². The quantitative estimate of drug-likeness (QED) is 0.143. The van der Waals surface area contributed by atoms with Crippen LogP contribution in [-0.4, -0.2) is 62.7 Å². The number of ether oxygens (including phenoxy) is 2. The van der Waals surface area contributed by atoms with E-state index in [0.717, 1.165) is 29.5 Å². The lowest BCUT2D eigenvalue weighted by Gasteiger charge is -2.34. The number of nitrogens with zero attached hydrogens (tertiary/aromatic N) is 4. The van der Waals surface area contributed by atoms with Gasteiger partial charge in [-0.25, -0.2) is 32.0 Å². The molecule has 8 rings (SSSR count). The number of hydrogen-bond donors (Lipinski definition) is 2. The number of anilines is 1. The number of hydrogen-bond acceptors (Lipinski definition) is 7. The van der Waals surface area contributed by atoms with E-state index in [4.69, 9.17) is 13.8 Å². The minimum Gasteiger partial charge on any atom is -0.475 e. The molecule has 0 fully saturated rings. The highest BCUT2D eigenvalue weighted by Gasteiger charge is 2.42. The maximum Gasteiger partial charge on any atom is 0.410 e. The molecule has 2 heterocycles. The van der Waals surface area contributed by atoms with E-state index >= 15 is 4.21 Å². The number of nitrogens with one attached hydrogen (secondary N) is 2. The largest absolute Gasteiger partial charge is 0.475 e. The van der Waals surface area contributed by atoms with Gasteiger partial charge in [0.05, 0.1) is 18.8 Å². The van der Waals surface area contributed by atoms with Crippen LogP contribution in [0.15, 0.2) is 113 Å². The van der Waals surface area contributed by atoms with Crippen LogP contribution in [0.4, 0.5) is 24.1 Å². The molecule has 2 N–H and O–H groups in total. The summed E-state index contributed by atoms with van der Waals surface area (Å²) in [4.78, 5) is 29.1. The number of carbonyl (C=O) groups is 2. The average Bonchev–Trinajstić information content (AvgIpc) is 3.99. The van der Waals surface area contributed by atoms with E-state index in [-0.39, 0.29) is 30.3 Å². The number of amides is 3. The normalized spacial score (nSPS) is 18.2. The zero-order valence-corrected chi connectivity index (χ0v) is 34.3. The minimum absolute atomic E-state index is 0.00664.